The number of rotatable bonds is 5. The van der Waals surface area contributed by atoms with Crippen molar-refractivity contribution in [1.82, 2.24) is 5.32 Å². The molecule has 2 N–H and O–H groups in total. The quantitative estimate of drug-likeness (QED) is 0.866. The summed E-state index contributed by atoms with van der Waals surface area (Å²) < 4.78 is 0. The van der Waals surface area contributed by atoms with E-state index in [9.17, 15) is 14.4 Å². The first-order valence-corrected chi connectivity index (χ1v) is 8.46. The average Bonchev–Trinajstić information content (AvgIpc) is 3.05. The summed E-state index contributed by atoms with van der Waals surface area (Å²) >= 11 is 0. The molecule has 1 aliphatic rings. The first-order valence-electron chi connectivity index (χ1n) is 8.46. The highest BCUT2D eigenvalue weighted by Gasteiger charge is 2.21. The summed E-state index contributed by atoms with van der Waals surface area (Å²) in [6.45, 7) is 2.82. The maximum Gasteiger partial charge on any atom is 0.335 e. The Bertz CT molecular complexity index is 859. The molecule has 0 saturated carbocycles. The molecule has 1 saturated heterocycles. The minimum absolute atomic E-state index is 0.0924. The summed E-state index contributed by atoms with van der Waals surface area (Å²) in [4.78, 5) is 36.9. The molecule has 1 heterocycles. The van der Waals surface area contributed by atoms with Gasteiger partial charge in [0.15, 0.2) is 0 Å². The third-order valence-electron chi connectivity index (χ3n) is 4.36. The van der Waals surface area contributed by atoms with E-state index in [4.69, 9.17) is 5.11 Å². The Morgan fingerprint density at radius 1 is 1.12 bits per heavy atom. The molecular formula is C20H20N2O4. The number of aryl methyl sites for hydroxylation is 1. The Labute approximate surface area is 151 Å². The zero-order valence-corrected chi connectivity index (χ0v) is 14.5. The lowest BCUT2D eigenvalue weighted by Gasteiger charge is -2.16. The molecule has 0 radical (unpaired) electrons. The van der Waals surface area contributed by atoms with E-state index in [0.717, 1.165) is 29.8 Å². The van der Waals surface area contributed by atoms with Crippen LogP contribution in [0.3, 0.4) is 0 Å². The van der Waals surface area contributed by atoms with Gasteiger partial charge in [0, 0.05) is 30.8 Å². The van der Waals surface area contributed by atoms with Crippen molar-refractivity contribution in [1.29, 1.82) is 0 Å². The van der Waals surface area contributed by atoms with Crippen LogP contribution in [0.5, 0.6) is 0 Å². The fourth-order valence-electron chi connectivity index (χ4n) is 3.04. The zero-order chi connectivity index (χ0) is 18.7. The van der Waals surface area contributed by atoms with Crippen molar-refractivity contribution in [3.05, 3.63) is 64.7 Å². The van der Waals surface area contributed by atoms with Crippen LogP contribution in [-0.2, 0) is 11.3 Å². The minimum Gasteiger partial charge on any atom is -0.478 e. The normalized spacial score (nSPS) is 13.7. The fraction of sp³-hybridized carbons (Fsp3) is 0.250. The van der Waals surface area contributed by atoms with Crippen LogP contribution in [-0.4, -0.2) is 29.4 Å². The monoisotopic (exact) mass is 352 g/mol. The predicted molar refractivity (Wildman–Crippen MR) is 97.3 cm³/mol. The van der Waals surface area contributed by atoms with Crippen LogP contribution >= 0.6 is 0 Å². The number of carbonyl (C=O) groups is 3. The van der Waals surface area contributed by atoms with Gasteiger partial charge in [-0.25, -0.2) is 4.79 Å². The van der Waals surface area contributed by atoms with E-state index >= 15 is 0 Å². The lowest BCUT2D eigenvalue weighted by atomic mass is 10.1. The van der Waals surface area contributed by atoms with Gasteiger partial charge in [0.25, 0.3) is 5.91 Å². The summed E-state index contributed by atoms with van der Waals surface area (Å²) in [5, 5.41) is 11.9. The lowest BCUT2D eigenvalue weighted by Crippen LogP contribution is -2.24. The molecule has 0 unspecified atom stereocenters. The number of nitrogens with one attached hydrogen (secondary N) is 1. The first-order chi connectivity index (χ1) is 12.4. The Balaban J connectivity index is 1.64. The van der Waals surface area contributed by atoms with E-state index < -0.39 is 5.97 Å². The molecule has 1 fully saturated rings. The largest absolute Gasteiger partial charge is 0.478 e. The molecule has 6 heteroatoms. The molecule has 3 rings (SSSR count). The maximum atomic E-state index is 12.3. The standard InChI is InChI=1S/C20H20N2O4/c1-13-9-15(11-16(10-13)20(25)26)19(24)21-12-14-4-6-17(7-5-14)22-8-2-3-18(22)23/h4-7,9-11H,2-3,8,12H2,1H3,(H,21,24)(H,25,26). The van der Waals surface area contributed by atoms with Crippen molar-refractivity contribution in [3.63, 3.8) is 0 Å². The van der Waals surface area contributed by atoms with Crippen molar-refractivity contribution in [2.45, 2.75) is 26.3 Å². The number of carboxylic acids is 1. The van der Waals surface area contributed by atoms with E-state index in [1.165, 1.54) is 12.1 Å². The van der Waals surface area contributed by atoms with Gasteiger partial charge in [-0.15, -0.1) is 0 Å². The third-order valence-corrected chi connectivity index (χ3v) is 4.36. The Morgan fingerprint density at radius 3 is 2.42 bits per heavy atom. The Hall–Kier alpha value is -3.15. The molecule has 6 nitrogen and oxygen atoms in total. The smallest absolute Gasteiger partial charge is 0.335 e. The van der Waals surface area contributed by atoms with Gasteiger partial charge >= 0.3 is 5.97 Å². The molecule has 2 amide bonds. The number of nitrogens with zero attached hydrogens (tertiary/aromatic N) is 1. The molecule has 2 aromatic carbocycles. The van der Waals surface area contributed by atoms with Gasteiger partial charge in [-0.3, -0.25) is 9.59 Å². The fourth-order valence-corrected chi connectivity index (χ4v) is 3.04. The second-order valence-electron chi connectivity index (χ2n) is 6.39. The second-order valence-corrected chi connectivity index (χ2v) is 6.39. The van der Waals surface area contributed by atoms with Crippen LogP contribution in [0.4, 0.5) is 5.69 Å². The SMILES string of the molecule is Cc1cc(C(=O)O)cc(C(=O)NCc2ccc(N3CCCC3=O)cc2)c1. The molecule has 134 valence electrons. The number of anilines is 1. The van der Waals surface area contributed by atoms with Crippen molar-refractivity contribution in [2.24, 2.45) is 0 Å². The highest BCUT2D eigenvalue weighted by atomic mass is 16.4. The molecule has 0 bridgehead atoms. The highest BCUT2D eigenvalue weighted by Crippen LogP contribution is 2.21. The van der Waals surface area contributed by atoms with E-state index in [1.807, 2.05) is 24.3 Å². The summed E-state index contributed by atoms with van der Waals surface area (Å²) in [5.41, 5.74) is 2.90. The van der Waals surface area contributed by atoms with Gasteiger partial charge in [0.05, 0.1) is 5.56 Å². The van der Waals surface area contributed by atoms with E-state index in [0.29, 0.717) is 18.5 Å². The maximum absolute atomic E-state index is 12.3. The molecular weight excluding hydrogens is 332 g/mol. The summed E-state index contributed by atoms with van der Waals surface area (Å²) in [6, 6.07) is 12.0. The summed E-state index contributed by atoms with van der Waals surface area (Å²) in [7, 11) is 0. The van der Waals surface area contributed by atoms with E-state index in [1.54, 1.807) is 17.9 Å². The topological polar surface area (TPSA) is 86.7 Å². The third kappa shape index (κ3) is 3.91. The number of carboxylic acid groups (broad SMARTS) is 1. The molecule has 0 atom stereocenters. The number of hydrogen-bond acceptors (Lipinski definition) is 3. The highest BCUT2D eigenvalue weighted by molar-refractivity contribution is 5.98. The van der Waals surface area contributed by atoms with Gasteiger partial charge < -0.3 is 15.3 Å². The van der Waals surface area contributed by atoms with Gasteiger partial charge in [0.2, 0.25) is 5.91 Å². The summed E-state index contributed by atoms with van der Waals surface area (Å²) in [5.74, 6) is -1.25. The van der Waals surface area contributed by atoms with Crippen LogP contribution in [0, 0.1) is 6.92 Å². The molecule has 2 aromatic rings. The number of amides is 2. The van der Waals surface area contributed by atoms with Crippen LogP contribution in [0.2, 0.25) is 0 Å². The number of aromatic carboxylic acids is 1. The first kappa shape index (κ1) is 17.7. The molecule has 26 heavy (non-hydrogen) atoms. The summed E-state index contributed by atoms with van der Waals surface area (Å²) in [6.07, 6.45) is 1.47. The molecule has 0 aromatic heterocycles. The minimum atomic E-state index is -1.06. The van der Waals surface area contributed by atoms with Crippen LogP contribution in [0.15, 0.2) is 42.5 Å². The van der Waals surface area contributed by atoms with E-state index in [-0.39, 0.29) is 17.4 Å². The molecule has 0 spiro atoms. The number of hydrogen-bond donors (Lipinski definition) is 2. The molecule has 0 aliphatic carbocycles. The van der Waals surface area contributed by atoms with E-state index in [2.05, 4.69) is 5.32 Å². The number of carbonyl (C=O) groups excluding carboxylic acids is 2. The second kappa shape index (κ2) is 7.39. The van der Waals surface area contributed by atoms with Crippen LogP contribution in [0.25, 0.3) is 0 Å². The van der Waals surface area contributed by atoms with Crippen molar-refractivity contribution in [2.75, 3.05) is 11.4 Å². The lowest BCUT2D eigenvalue weighted by molar-refractivity contribution is -0.117. The Morgan fingerprint density at radius 2 is 1.81 bits per heavy atom. The zero-order valence-electron chi connectivity index (χ0n) is 14.5. The van der Waals surface area contributed by atoms with Gasteiger partial charge in [-0.05, 0) is 54.8 Å². The van der Waals surface area contributed by atoms with Crippen LogP contribution in [0.1, 0.15) is 44.7 Å². The number of benzene rings is 2. The average molecular weight is 352 g/mol. The van der Waals surface area contributed by atoms with Gasteiger partial charge in [-0.1, -0.05) is 12.1 Å². The predicted octanol–water partition coefficient (Wildman–Crippen LogP) is 2.75. The van der Waals surface area contributed by atoms with Gasteiger partial charge in [-0.2, -0.15) is 0 Å². The Kier molecular flexibility index (Phi) is 5.02. The van der Waals surface area contributed by atoms with Crippen molar-refractivity contribution >= 4 is 23.5 Å². The van der Waals surface area contributed by atoms with Crippen LogP contribution < -0.4 is 10.2 Å². The van der Waals surface area contributed by atoms with Crippen molar-refractivity contribution in [3.8, 4) is 0 Å². The molecule has 1 aliphatic heterocycles. The van der Waals surface area contributed by atoms with Crippen molar-refractivity contribution < 1.29 is 19.5 Å². The van der Waals surface area contributed by atoms with Gasteiger partial charge in [0.1, 0.15) is 0 Å².